The van der Waals surface area contributed by atoms with Gasteiger partial charge in [0, 0.05) is 18.5 Å². The SMILES string of the molecule is CCn1ncc2cc3nc(c21)CCCOC(OC1CCCCO1)C(c1ccccc1)NC(=O)N3. The van der Waals surface area contributed by atoms with Gasteiger partial charge in [-0.1, -0.05) is 30.3 Å². The van der Waals surface area contributed by atoms with E-state index in [-0.39, 0.29) is 12.3 Å². The predicted octanol–water partition coefficient (Wildman–Crippen LogP) is 4.15. The van der Waals surface area contributed by atoms with Gasteiger partial charge in [-0.05, 0) is 50.7 Å². The lowest BCUT2D eigenvalue weighted by Gasteiger charge is -2.33. The number of urea groups is 1. The van der Waals surface area contributed by atoms with Gasteiger partial charge < -0.3 is 19.5 Å². The third-order valence-electron chi connectivity index (χ3n) is 6.21. The van der Waals surface area contributed by atoms with Gasteiger partial charge in [-0.15, -0.1) is 0 Å². The normalized spacial score (nSPS) is 24.0. The Hall–Kier alpha value is -3.01. The first-order chi connectivity index (χ1) is 16.7. The van der Waals surface area contributed by atoms with Crippen molar-refractivity contribution in [1.82, 2.24) is 20.1 Å². The molecule has 9 nitrogen and oxygen atoms in total. The molecule has 2 N–H and O–H groups in total. The Morgan fingerprint density at radius 3 is 2.79 bits per heavy atom. The van der Waals surface area contributed by atoms with Crippen molar-refractivity contribution in [3.63, 3.8) is 0 Å². The molecular weight excluding hydrogens is 434 g/mol. The van der Waals surface area contributed by atoms with Crippen molar-refractivity contribution < 1.29 is 19.0 Å². The number of hydrogen-bond acceptors (Lipinski definition) is 6. The maximum absolute atomic E-state index is 13.1. The molecule has 2 bridgehead atoms. The van der Waals surface area contributed by atoms with Gasteiger partial charge >= 0.3 is 6.03 Å². The van der Waals surface area contributed by atoms with E-state index < -0.39 is 12.3 Å². The van der Waals surface area contributed by atoms with Gasteiger partial charge in [0.2, 0.25) is 0 Å². The molecule has 0 radical (unpaired) electrons. The number of nitrogens with zero attached hydrogens (tertiary/aromatic N) is 3. The number of nitrogens with one attached hydrogen (secondary N) is 2. The minimum Gasteiger partial charge on any atom is -0.353 e. The number of aryl methyl sites for hydroxylation is 2. The van der Waals surface area contributed by atoms with Gasteiger partial charge in [0.1, 0.15) is 11.9 Å². The third-order valence-corrected chi connectivity index (χ3v) is 6.21. The Bertz CT molecular complexity index is 1110. The lowest BCUT2D eigenvalue weighted by molar-refractivity contribution is -0.264. The number of rotatable bonds is 4. The molecule has 4 heterocycles. The Kier molecular flexibility index (Phi) is 7.03. The molecule has 0 spiro atoms. The van der Waals surface area contributed by atoms with Crippen molar-refractivity contribution >= 4 is 22.8 Å². The number of carbonyl (C=O) groups excluding carboxylic acids is 1. The van der Waals surface area contributed by atoms with Gasteiger partial charge in [-0.3, -0.25) is 10.00 Å². The first-order valence-electron chi connectivity index (χ1n) is 12.1. The Morgan fingerprint density at radius 2 is 2.00 bits per heavy atom. The van der Waals surface area contributed by atoms with Gasteiger partial charge in [-0.2, -0.15) is 5.10 Å². The van der Waals surface area contributed by atoms with Crippen molar-refractivity contribution in [3.05, 3.63) is 53.9 Å². The van der Waals surface area contributed by atoms with Crippen LogP contribution in [0.25, 0.3) is 10.9 Å². The minimum atomic E-state index is -0.692. The number of carbonyl (C=O) groups is 1. The number of fused-ring (bicyclic) bond motifs is 4. The molecule has 1 fully saturated rings. The molecular formula is C25H31N5O4. The summed E-state index contributed by atoms with van der Waals surface area (Å²) in [6.45, 7) is 3.93. The summed E-state index contributed by atoms with van der Waals surface area (Å²) < 4.78 is 20.3. The zero-order valence-electron chi connectivity index (χ0n) is 19.4. The van der Waals surface area contributed by atoms with Crippen LogP contribution in [0.5, 0.6) is 0 Å². The first-order valence-corrected chi connectivity index (χ1v) is 12.1. The van der Waals surface area contributed by atoms with Crippen LogP contribution in [-0.4, -0.2) is 46.6 Å². The summed E-state index contributed by atoms with van der Waals surface area (Å²) in [7, 11) is 0. The highest BCUT2D eigenvalue weighted by molar-refractivity contribution is 5.92. The molecule has 0 saturated carbocycles. The van der Waals surface area contributed by atoms with Crippen LogP contribution in [0.15, 0.2) is 42.6 Å². The lowest BCUT2D eigenvalue weighted by Crippen LogP contribution is -2.43. The number of pyridine rings is 1. The summed E-state index contributed by atoms with van der Waals surface area (Å²) in [4.78, 5) is 17.8. The Morgan fingerprint density at radius 1 is 1.15 bits per heavy atom. The van der Waals surface area contributed by atoms with Gasteiger partial charge in [-0.25, -0.2) is 9.78 Å². The molecule has 2 amide bonds. The van der Waals surface area contributed by atoms with Crippen molar-refractivity contribution in [3.8, 4) is 0 Å². The van der Waals surface area contributed by atoms with Crippen molar-refractivity contribution in [2.45, 2.75) is 64.2 Å². The molecule has 34 heavy (non-hydrogen) atoms. The van der Waals surface area contributed by atoms with Crippen molar-refractivity contribution in [2.75, 3.05) is 18.5 Å². The second kappa shape index (κ2) is 10.5. The van der Waals surface area contributed by atoms with E-state index in [2.05, 4.69) is 22.7 Å². The number of amides is 2. The summed E-state index contributed by atoms with van der Waals surface area (Å²) in [5, 5.41) is 11.4. The molecule has 2 aliphatic rings. The molecule has 9 heteroatoms. The van der Waals surface area contributed by atoms with Crippen LogP contribution in [0, 0.1) is 0 Å². The Balaban J connectivity index is 1.45. The van der Waals surface area contributed by atoms with E-state index in [1.165, 1.54) is 0 Å². The molecule has 5 rings (SSSR count). The van der Waals surface area contributed by atoms with E-state index in [0.717, 1.165) is 54.4 Å². The average Bonchev–Trinajstić information content (AvgIpc) is 3.28. The Labute approximate surface area is 198 Å². The molecule has 2 aliphatic heterocycles. The van der Waals surface area contributed by atoms with Gasteiger partial charge in [0.05, 0.1) is 24.0 Å². The summed E-state index contributed by atoms with van der Waals surface area (Å²) in [5.41, 5.74) is 2.78. The summed E-state index contributed by atoms with van der Waals surface area (Å²) in [5.74, 6) is 0.497. The molecule has 3 atom stereocenters. The topological polar surface area (TPSA) is 99.5 Å². The van der Waals surface area contributed by atoms with E-state index in [1.807, 2.05) is 47.3 Å². The number of ether oxygens (including phenoxy) is 3. The maximum Gasteiger partial charge on any atom is 0.321 e. The molecule has 3 unspecified atom stereocenters. The second-order valence-corrected chi connectivity index (χ2v) is 8.61. The molecule has 180 valence electrons. The smallest absolute Gasteiger partial charge is 0.321 e. The first kappa shape index (κ1) is 22.8. The van der Waals surface area contributed by atoms with Crippen LogP contribution in [-0.2, 0) is 27.2 Å². The highest BCUT2D eigenvalue weighted by Crippen LogP contribution is 2.27. The van der Waals surface area contributed by atoms with E-state index in [4.69, 9.17) is 19.2 Å². The third kappa shape index (κ3) is 5.06. The number of aromatic nitrogens is 3. The monoisotopic (exact) mass is 465 g/mol. The van der Waals surface area contributed by atoms with Gasteiger partial charge in [0.15, 0.2) is 12.6 Å². The van der Waals surface area contributed by atoms with Crippen molar-refractivity contribution in [2.24, 2.45) is 0 Å². The highest BCUT2D eigenvalue weighted by atomic mass is 16.8. The summed E-state index contributed by atoms with van der Waals surface area (Å²) in [6, 6.07) is 10.7. The largest absolute Gasteiger partial charge is 0.353 e. The van der Waals surface area contributed by atoms with E-state index >= 15 is 0 Å². The van der Waals surface area contributed by atoms with E-state index in [9.17, 15) is 4.79 Å². The summed E-state index contributed by atoms with van der Waals surface area (Å²) >= 11 is 0. The van der Waals surface area contributed by atoms with Crippen LogP contribution in [0.2, 0.25) is 0 Å². The standard InChI is InChI=1S/C25H31N5O4/c1-2-30-23-18(16-26-30)15-20-27-19(23)11-8-14-33-24(34-21-12-6-7-13-32-21)22(29-25(31)28-20)17-9-4-3-5-10-17/h3-5,9-10,15-16,21-22,24H,2,6-8,11-14H2,1H3,(H2,27,28,29,31). The van der Waals surface area contributed by atoms with Crippen LogP contribution in [0.1, 0.15) is 49.9 Å². The molecule has 1 aromatic carbocycles. The fraction of sp³-hybridized carbons (Fsp3) is 0.480. The van der Waals surface area contributed by atoms with E-state index in [0.29, 0.717) is 25.5 Å². The number of benzene rings is 1. The van der Waals surface area contributed by atoms with Gasteiger partial charge in [0.25, 0.3) is 0 Å². The zero-order valence-corrected chi connectivity index (χ0v) is 19.4. The zero-order chi connectivity index (χ0) is 23.3. The fourth-order valence-electron chi connectivity index (χ4n) is 4.56. The minimum absolute atomic E-state index is 0.351. The molecule has 0 aliphatic carbocycles. The van der Waals surface area contributed by atoms with Crippen LogP contribution >= 0.6 is 0 Å². The fourth-order valence-corrected chi connectivity index (χ4v) is 4.56. The summed E-state index contributed by atoms with van der Waals surface area (Å²) in [6.07, 6.45) is 5.10. The van der Waals surface area contributed by atoms with Crippen LogP contribution in [0.4, 0.5) is 10.6 Å². The predicted molar refractivity (Wildman–Crippen MR) is 127 cm³/mol. The average molecular weight is 466 g/mol. The lowest BCUT2D eigenvalue weighted by atomic mass is 10.1. The molecule has 3 aromatic rings. The molecule has 2 aromatic heterocycles. The van der Waals surface area contributed by atoms with Crippen LogP contribution in [0.3, 0.4) is 0 Å². The second-order valence-electron chi connectivity index (χ2n) is 8.61. The quantitative estimate of drug-likeness (QED) is 0.601. The van der Waals surface area contributed by atoms with Crippen LogP contribution < -0.4 is 10.6 Å². The highest BCUT2D eigenvalue weighted by Gasteiger charge is 2.31. The molecule has 1 saturated heterocycles. The van der Waals surface area contributed by atoms with Crippen molar-refractivity contribution in [1.29, 1.82) is 0 Å². The van der Waals surface area contributed by atoms with E-state index in [1.54, 1.807) is 0 Å². The number of anilines is 1. The number of hydrogen-bond donors (Lipinski definition) is 2. The maximum atomic E-state index is 13.1.